The summed E-state index contributed by atoms with van der Waals surface area (Å²) in [5.41, 5.74) is 14.7. The zero-order valence-corrected chi connectivity index (χ0v) is 9.87. The van der Waals surface area contributed by atoms with Crippen molar-refractivity contribution in [1.82, 2.24) is 20.6 Å². The molecule has 0 atom stereocenters. The number of nitrogens with one attached hydrogen (secondary N) is 2. The average molecular weight is 294 g/mol. The quantitative estimate of drug-likeness (QED) is 0.0603. The normalized spacial score (nSPS) is 9.15. The minimum absolute atomic E-state index is 0.0867. The predicted molar refractivity (Wildman–Crippen MR) is 64.7 cm³/mol. The van der Waals surface area contributed by atoms with Crippen LogP contribution in [0.15, 0.2) is 4.99 Å². The summed E-state index contributed by atoms with van der Waals surface area (Å²) in [4.78, 5) is 10.6. The van der Waals surface area contributed by atoms with Gasteiger partial charge in [-0.05, 0) is 10.0 Å². The number of nitrogens with two attached hydrogens (primary N) is 6. The van der Waals surface area contributed by atoms with Crippen LogP contribution in [0.4, 0.5) is 5.95 Å². The van der Waals surface area contributed by atoms with Crippen LogP contribution in [0.25, 0.3) is 0 Å². The van der Waals surface area contributed by atoms with Gasteiger partial charge in [-0.15, -0.1) is 22.6 Å². The number of aromatic amines is 1. The van der Waals surface area contributed by atoms with Gasteiger partial charge in [0.1, 0.15) is 0 Å². The summed E-state index contributed by atoms with van der Waals surface area (Å²) >= 11 is 0. The number of quaternary nitrogens is 1. The SMILES string of the molecule is N=C(N)[N+](N)(N)N.NC(N)=Nc1nn[nH]n1.O=[N+]([O-])[O-]. The fourth-order valence-electron chi connectivity index (χ4n) is 0.319. The highest BCUT2D eigenvalue weighted by Gasteiger charge is 2.14. The van der Waals surface area contributed by atoms with E-state index in [4.69, 9.17) is 55.5 Å². The van der Waals surface area contributed by atoms with Crippen LogP contribution in [-0.4, -0.2) is 42.4 Å². The van der Waals surface area contributed by atoms with Crippen molar-refractivity contribution >= 4 is 17.9 Å². The molecule has 0 aliphatic heterocycles. The van der Waals surface area contributed by atoms with Crippen LogP contribution in [0.3, 0.4) is 0 Å². The Morgan fingerprint density at radius 1 is 1.30 bits per heavy atom. The second-order valence-corrected chi connectivity index (χ2v) is 2.69. The number of rotatable bonds is 1. The lowest BCUT2D eigenvalue weighted by molar-refractivity contribution is -0.880. The van der Waals surface area contributed by atoms with Gasteiger partial charge in [-0.1, -0.05) is 5.10 Å². The van der Waals surface area contributed by atoms with E-state index >= 15 is 0 Å². The molecular weight excluding hydrogens is 280 g/mol. The molecule has 14 N–H and O–H groups in total. The van der Waals surface area contributed by atoms with Gasteiger partial charge in [-0.3, -0.25) is 0 Å². The summed E-state index contributed by atoms with van der Waals surface area (Å²) in [7, 11) is 0. The monoisotopic (exact) mass is 294 g/mol. The molecular formula is C3H14N14O3. The Morgan fingerprint density at radius 3 is 1.90 bits per heavy atom. The van der Waals surface area contributed by atoms with E-state index in [2.05, 4.69) is 25.6 Å². The smallest absolute Gasteiger partial charge is 0.352 e. The number of H-pyrrole nitrogens is 1. The van der Waals surface area contributed by atoms with Gasteiger partial charge < -0.3 is 32.5 Å². The van der Waals surface area contributed by atoms with E-state index in [-0.39, 0.29) is 11.9 Å². The molecule has 0 saturated carbocycles. The second-order valence-electron chi connectivity index (χ2n) is 2.69. The summed E-state index contributed by atoms with van der Waals surface area (Å²) < 4.78 is 0. The minimum Gasteiger partial charge on any atom is -0.370 e. The molecule has 17 nitrogen and oxygen atoms in total. The molecule has 0 bridgehead atoms. The standard InChI is InChI=1S/C2H5N7.CH9N6.NO3/c3-1(4)5-2-6-8-9-7-2;2-1(3)7(4,5)6;2-1(3)4/h(H5,3,4,5,6,7,8,9);4-6H2,(H3,2,3);/q;+1;-1. The number of guanidine groups is 2. The van der Waals surface area contributed by atoms with Crippen LogP contribution in [0.2, 0.25) is 0 Å². The van der Waals surface area contributed by atoms with Gasteiger partial charge in [0, 0.05) is 0 Å². The average Bonchev–Trinajstić information content (AvgIpc) is 2.67. The minimum atomic E-state index is -1.75. The molecule has 0 aromatic carbocycles. The van der Waals surface area contributed by atoms with Crippen molar-refractivity contribution in [3.05, 3.63) is 15.3 Å². The van der Waals surface area contributed by atoms with Gasteiger partial charge >= 0.3 is 5.96 Å². The molecule has 114 valence electrons. The van der Waals surface area contributed by atoms with Crippen LogP contribution in [-0.2, 0) is 0 Å². The molecule has 17 heteroatoms. The molecule has 20 heavy (non-hydrogen) atoms. The molecule has 0 radical (unpaired) electrons. The number of aliphatic imine (C=N–C) groups is 1. The van der Waals surface area contributed by atoms with Gasteiger partial charge in [-0.2, -0.15) is 10.2 Å². The van der Waals surface area contributed by atoms with Crippen LogP contribution in [0.5, 0.6) is 0 Å². The highest BCUT2D eigenvalue weighted by molar-refractivity contribution is 5.77. The molecule has 0 amide bonds. The van der Waals surface area contributed by atoms with Crippen molar-refractivity contribution in [2.45, 2.75) is 0 Å². The topological polar surface area (TPSA) is 313 Å². The number of hydrogen-bond donors (Lipinski definition) is 8. The molecule has 0 saturated heterocycles. The fraction of sp³-hybridized carbons (Fsp3) is 0. The molecule has 1 rings (SSSR count). The van der Waals surface area contributed by atoms with E-state index in [1.807, 2.05) is 0 Å². The molecule has 1 aromatic heterocycles. The number of aromatic nitrogens is 4. The Morgan fingerprint density at radius 2 is 1.70 bits per heavy atom. The molecule has 0 aliphatic carbocycles. The molecule has 0 fully saturated rings. The van der Waals surface area contributed by atoms with Crippen molar-refractivity contribution < 1.29 is 9.90 Å². The maximum absolute atomic E-state index is 8.25. The largest absolute Gasteiger partial charge is 0.370 e. The first kappa shape index (κ1) is 19.2. The van der Waals surface area contributed by atoms with E-state index in [1.165, 1.54) is 0 Å². The van der Waals surface area contributed by atoms with Crippen LogP contribution >= 0.6 is 0 Å². The maximum atomic E-state index is 8.25. The highest BCUT2D eigenvalue weighted by Crippen LogP contribution is 1.92. The van der Waals surface area contributed by atoms with Crippen molar-refractivity contribution in [2.24, 2.45) is 39.7 Å². The van der Waals surface area contributed by atoms with Crippen LogP contribution < -0.4 is 34.7 Å². The Labute approximate surface area is 110 Å². The number of hydrogen-bond acceptors (Lipinski definition) is 11. The van der Waals surface area contributed by atoms with Crippen molar-refractivity contribution in [3.63, 3.8) is 0 Å². The predicted octanol–water partition coefficient (Wildman–Crippen LogP) is -4.82. The Bertz CT molecular complexity index is 421. The van der Waals surface area contributed by atoms with Crippen LogP contribution in [0.1, 0.15) is 0 Å². The molecule has 1 aromatic rings. The van der Waals surface area contributed by atoms with Crippen molar-refractivity contribution in [2.75, 3.05) is 0 Å². The summed E-state index contributed by atoms with van der Waals surface area (Å²) in [6.07, 6.45) is 0. The van der Waals surface area contributed by atoms with E-state index in [0.717, 1.165) is 0 Å². The lowest BCUT2D eigenvalue weighted by Gasteiger charge is -2.14. The van der Waals surface area contributed by atoms with Gasteiger partial charge in [0.15, 0.2) is 5.96 Å². The molecule has 0 unspecified atom stereocenters. The van der Waals surface area contributed by atoms with Crippen molar-refractivity contribution in [3.8, 4) is 0 Å². The zero-order chi connectivity index (χ0) is 16.3. The molecule has 0 spiro atoms. The van der Waals surface area contributed by atoms with Gasteiger partial charge in [0.05, 0.1) is 5.09 Å². The second kappa shape index (κ2) is 8.87. The van der Waals surface area contributed by atoms with E-state index in [0.29, 0.717) is 0 Å². The maximum Gasteiger partial charge on any atom is 0.352 e. The first-order valence-electron chi connectivity index (χ1n) is 4.20. The molecule has 0 aliphatic rings. The zero-order valence-electron chi connectivity index (χ0n) is 9.87. The summed E-state index contributed by atoms with van der Waals surface area (Å²) in [5.74, 6) is 14.0. The Hall–Kier alpha value is -3.15. The highest BCUT2D eigenvalue weighted by atomic mass is 16.9. The Balaban J connectivity index is 0. The third-order valence-electron chi connectivity index (χ3n) is 0.981. The molecule has 1 heterocycles. The van der Waals surface area contributed by atoms with Crippen LogP contribution in [0, 0.1) is 20.7 Å². The van der Waals surface area contributed by atoms with E-state index in [9.17, 15) is 0 Å². The fourth-order valence-corrected chi connectivity index (χ4v) is 0.319. The van der Waals surface area contributed by atoms with Gasteiger partial charge in [-0.25, -0.2) is 5.41 Å². The van der Waals surface area contributed by atoms with E-state index < -0.39 is 15.9 Å². The first-order valence-corrected chi connectivity index (χ1v) is 4.20. The third kappa shape index (κ3) is 14.8. The summed E-state index contributed by atoms with van der Waals surface area (Å²) in [5, 5.41) is 33.6. The van der Waals surface area contributed by atoms with E-state index in [1.54, 1.807) is 0 Å². The number of nitrogens with zero attached hydrogens (tertiary/aromatic N) is 6. The summed E-state index contributed by atoms with van der Waals surface area (Å²) in [6, 6.07) is 0. The summed E-state index contributed by atoms with van der Waals surface area (Å²) in [6.45, 7) is 0. The third-order valence-corrected chi connectivity index (χ3v) is 0.981. The van der Waals surface area contributed by atoms with Crippen molar-refractivity contribution in [1.29, 1.82) is 5.41 Å². The lowest BCUT2D eigenvalue weighted by Crippen LogP contribution is -2.71. The number of tetrazole rings is 1. The Kier molecular flexibility index (Phi) is 8.51. The lowest BCUT2D eigenvalue weighted by atomic mass is 11.0. The first-order chi connectivity index (χ1) is 8.96. The van der Waals surface area contributed by atoms with Gasteiger partial charge in [0.2, 0.25) is 0 Å². The van der Waals surface area contributed by atoms with Gasteiger partial charge in [0.25, 0.3) is 5.95 Å².